The second kappa shape index (κ2) is 6.82. The number of nitrogens with zero attached hydrogens (tertiary/aromatic N) is 1. The molecule has 128 valence electrons. The third kappa shape index (κ3) is 3.48. The van der Waals surface area contributed by atoms with E-state index in [-0.39, 0.29) is 11.8 Å². The molecule has 1 unspecified atom stereocenters. The van der Waals surface area contributed by atoms with Crippen molar-refractivity contribution in [2.45, 2.75) is 44.4 Å². The number of nitrogens with one attached hydrogen (secondary N) is 1. The lowest BCUT2D eigenvalue weighted by molar-refractivity contribution is -0.133. The fourth-order valence-corrected chi connectivity index (χ4v) is 4.51. The summed E-state index contributed by atoms with van der Waals surface area (Å²) in [6.07, 6.45) is 3.06. The Labute approximate surface area is 146 Å². The number of benzene rings is 1. The molecule has 4 rings (SSSR count). The van der Waals surface area contributed by atoms with Gasteiger partial charge in [0.15, 0.2) is 0 Å². The van der Waals surface area contributed by atoms with Gasteiger partial charge in [-0.05, 0) is 67.1 Å². The number of amides is 1. The molecule has 0 bridgehead atoms. The standard InChI is InChI=1S/C19H24N2O2S/c22-18(19(23)20-15-5-6-15)13-7-9-21(10-8-13)11-14-12-24-17-4-2-1-3-16(14)17/h1-4,12-13,15,18,22H,5-11H2,(H,20,23). The minimum Gasteiger partial charge on any atom is -0.383 e. The number of piperidine rings is 1. The van der Waals surface area contributed by atoms with Gasteiger partial charge in [0.05, 0.1) is 0 Å². The number of rotatable bonds is 5. The van der Waals surface area contributed by atoms with Gasteiger partial charge >= 0.3 is 0 Å². The van der Waals surface area contributed by atoms with Crippen molar-refractivity contribution >= 4 is 27.3 Å². The Morgan fingerprint density at radius 1 is 1.25 bits per heavy atom. The smallest absolute Gasteiger partial charge is 0.249 e. The van der Waals surface area contributed by atoms with Crippen molar-refractivity contribution in [3.8, 4) is 0 Å². The van der Waals surface area contributed by atoms with E-state index >= 15 is 0 Å². The van der Waals surface area contributed by atoms with E-state index in [0.29, 0.717) is 6.04 Å². The maximum absolute atomic E-state index is 12.0. The molecule has 2 N–H and O–H groups in total. The molecule has 1 saturated carbocycles. The summed E-state index contributed by atoms with van der Waals surface area (Å²) in [5.41, 5.74) is 1.39. The number of likely N-dealkylation sites (tertiary alicyclic amines) is 1. The highest BCUT2D eigenvalue weighted by Gasteiger charge is 2.33. The molecular weight excluding hydrogens is 320 g/mol. The highest BCUT2D eigenvalue weighted by molar-refractivity contribution is 7.17. The van der Waals surface area contributed by atoms with E-state index in [4.69, 9.17) is 0 Å². The molecule has 1 aliphatic carbocycles. The zero-order valence-corrected chi connectivity index (χ0v) is 14.6. The summed E-state index contributed by atoms with van der Waals surface area (Å²) in [4.78, 5) is 14.4. The van der Waals surface area contributed by atoms with Crippen molar-refractivity contribution in [3.63, 3.8) is 0 Å². The Kier molecular flexibility index (Phi) is 4.57. The SMILES string of the molecule is O=C(NC1CC1)C(O)C1CCN(Cc2csc3ccccc23)CC1. The molecule has 1 aromatic carbocycles. The third-order valence-corrected chi connectivity index (χ3v) is 6.24. The number of fused-ring (bicyclic) bond motifs is 1. The van der Waals surface area contributed by atoms with Crippen LogP contribution in [0.4, 0.5) is 0 Å². The summed E-state index contributed by atoms with van der Waals surface area (Å²) < 4.78 is 1.34. The molecule has 1 saturated heterocycles. The van der Waals surface area contributed by atoms with Gasteiger partial charge in [-0.3, -0.25) is 9.69 Å². The Morgan fingerprint density at radius 2 is 2.00 bits per heavy atom. The van der Waals surface area contributed by atoms with E-state index in [1.807, 2.05) is 0 Å². The molecular formula is C19H24N2O2S. The van der Waals surface area contributed by atoms with Crippen LogP contribution in [-0.2, 0) is 11.3 Å². The highest BCUT2D eigenvalue weighted by Crippen LogP contribution is 2.29. The van der Waals surface area contributed by atoms with Gasteiger partial charge in [-0.1, -0.05) is 18.2 Å². The first-order chi connectivity index (χ1) is 11.7. The van der Waals surface area contributed by atoms with Gasteiger partial charge in [-0.2, -0.15) is 0 Å². The van der Waals surface area contributed by atoms with Crippen LogP contribution in [0.15, 0.2) is 29.6 Å². The average Bonchev–Trinajstić information content (AvgIpc) is 3.34. The van der Waals surface area contributed by atoms with Crippen LogP contribution in [0.3, 0.4) is 0 Å². The zero-order valence-electron chi connectivity index (χ0n) is 13.8. The maximum atomic E-state index is 12.0. The number of thiophene rings is 1. The number of hydrogen-bond donors (Lipinski definition) is 2. The molecule has 2 heterocycles. The van der Waals surface area contributed by atoms with Gasteiger partial charge in [0.2, 0.25) is 5.91 Å². The zero-order chi connectivity index (χ0) is 16.5. The van der Waals surface area contributed by atoms with Crippen molar-refractivity contribution in [2.24, 2.45) is 5.92 Å². The van der Waals surface area contributed by atoms with Crippen LogP contribution in [0.25, 0.3) is 10.1 Å². The third-order valence-electron chi connectivity index (χ3n) is 5.23. The number of hydrogen-bond acceptors (Lipinski definition) is 4. The normalized spacial score (nSPS) is 21.0. The monoisotopic (exact) mass is 344 g/mol. The summed E-state index contributed by atoms with van der Waals surface area (Å²) in [5, 5.41) is 16.8. The fraction of sp³-hybridized carbons (Fsp3) is 0.526. The first-order valence-corrected chi connectivity index (χ1v) is 9.74. The Bertz CT molecular complexity index is 717. The Balaban J connectivity index is 1.31. The van der Waals surface area contributed by atoms with Gasteiger partial charge in [0, 0.05) is 17.3 Å². The second-order valence-electron chi connectivity index (χ2n) is 7.10. The predicted octanol–water partition coefficient (Wildman–Crippen LogP) is 2.75. The van der Waals surface area contributed by atoms with Crippen molar-refractivity contribution in [2.75, 3.05) is 13.1 Å². The van der Waals surface area contributed by atoms with E-state index in [2.05, 4.69) is 39.9 Å². The number of aliphatic hydroxyl groups is 1. The first-order valence-electron chi connectivity index (χ1n) is 8.86. The van der Waals surface area contributed by atoms with E-state index in [0.717, 1.165) is 45.3 Å². The maximum Gasteiger partial charge on any atom is 0.249 e. The minimum absolute atomic E-state index is 0.0965. The molecule has 0 spiro atoms. The summed E-state index contributed by atoms with van der Waals surface area (Å²) in [6.45, 7) is 2.85. The van der Waals surface area contributed by atoms with Gasteiger partial charge < -0.3 is 10.4 Å². The predicted molar refractivity (Wildman–Crippen MR) is 97.0 cm³/mol. The summed E-state index contributed by atoms with van der Waals surface area (Å²) in [6, 6.07) is 8.87. The van der Waals surface area contributed by atoms with Crippen molar-refractivity contribution < 1.29 is 9.90 Å². The molecule has 2 aromatic rings. The van der Waals surface area contributed by atoms with Gasteiger partial charge in [-0.25, -0.2) is 0 Å². The van der Waals surface area contributed by atoms with Crippen LogP contribution in [0.1, 0.15) is 31.2 Å². The molecule has 1 amide bonds. The highest BCUT2D eigenvalue weighted by atomic mass is 32.1. The van der Waals surface area contributed by atoms with Crippen LogP contribution < -0.4 is 5.32 Å². The largest absolute Gasteiger partial charge is 0.383 e. The van der Waals surface area contributed by atoms with Crippen LogP contribution in [0, 0.1) is 5.92 Å². The quantitative estimate of drug-likeness (QED) is 0.877. The fourth-order valence-electron chi connectivity index (χ4n) is 3.55. The molecule has 1 aliphatic heterocycles. The van der Waals surface area contributed by atoms with Crippen molar-refractivity contribution in [1.29, 1.82) is 0 Å². The van der Waals surface area contributed by atoms with Gasteiger partial charge in [0.25, 0.3) is 0 Å². The minimum atomic E-state index is -0.838. The molecule has 4 nitrogen and oxygen atoms in total. The van der Waals surface area contributed by atoms with Crippen LogP contribution in [0.2, 0.25) is 0 Å². The lowest BCUT2D eigenvalue weighted by Gasteiger charge is -2.33. The van der Waals surface area contributed by atoms with Crippen LogP contribution >= 0.6 is 11.3 Å². The molecule has 2 aliphatic rings. The van der Waals surface area contributed by atoms with E-state index in [1.165, 1.54) is 15.6 Å². The summed E-state index contributed by atoms with van der Waals surface area (Å²) >= 11 is 1.80. The number of carbonyl (C=O) groups excluding carboxylic acids is 1. The van der Waals surface area contributed by atoms with E-state index < -0.39 is 6.10 Å². The van der Waals surface area contributed by atoms with Gasteiger partial charge in [-0.15, -0.1) is 11.3 Å². The summed E-state index contributed by atoms with van der Waals surface area (Å²) in [7, 11) is 0. The molecule has 5 heteroatoms. The van der Waals surface area contributed by atoms with Crippen molar-refractivity contribution in [1.82, 2.24) is 10.2 Å². The summed E-state index contributed by atoms with van der Waals surface area (Å²) in [5.74, 6) is -0.0704. The Morgan fingerprint density at radius 3 is 2.75 bits per heavy atom. The molecule has 24 heavy (non-hydrogen) atoms. The molecule has 1 atom stereocenters. The topological polar surface area (TPSA) is 52.6 Å². The lowest BCUT2D eigenvalue weighted by Crippen LogP contribution is -2.44. The van der Waals surface area contributed by atoms with Gasteiger partial charge in [0.1, 0.15) is 6.10 Å². The molecule has 2 fully saturated rings. The van der Waals surface area contributed by atoms with E-state index in [9.17, 15) is 9.90 Å². The van der Waals surface area contributed by atoms with Crippen LogP contribution in [-0.4, -0.2) is 41.1 Å². The lowest BCUT2D eigenvalue weighted by atomic mass is 9.90. The number of aliphatic hydroxyl groups excluding tert-OH is 1. The van der Waals surface area contributed by atoms with E-state index in [1.54, 1.807) is 11.3 Å². The average molecular weight is 344 g/mol. The van der Waals surface area contributed by atoms with Crippen molar-refractivity contribution in [3.05, 3.63) is 35.2 Å². The molecule has 0 radical (unpaired) electrons. The first kappa shape index (κ1) is 16.1. The molecule has 1 aromatic heterocycles. The number of carbonyl (C=O) groups is 1. The second-order valence-corrected chi connectivity index (χ2v) is 8.01. The van der Waals surface area contributed by atoms with Crippen LogP contribution in [0.5, 0.6) is 0 Å². The Hall–Kier alpha value is -1.43.